The van der Waals surface area contributed by atoms with E-state index in [-0.39, 0.29) is 42.7 Å². The topological polar surface area (TPSA) is 87.5 Å². The number of anilines is 1. The van der Waals surface area contributed by atoms with Crippen LogP contribution in [0.2, 0.25) is 0 Å². The number of nitrogens with two attached hydrogens (primary N) is 1. The minimum atomic E-state index is -0.544. The molecule has 1 heterocycles. The normalized spacial score (nSPS) is 15.2. The van der Waals surface area contributed by atoms with Crippen molar-refractivity contribution in [3.63, 3.8) is 0 Å². The molecule has 0 bridgehead atoms. The summed E-state index contributed by atoms with van der Waals surface area (Å²) in [5.41, 5.74) is 7.92. The molecule has 164 valence electrons. The van der Waals surface area contributed by atoms with Gasteiger partial charge in [-0.1, -0.05) is 48.5 Å². The highest BCUT2D eigenvalue weighted by Crippen LogP contribution is 2.12. The maximum Gasteiger partial charge on any atom is 0.238 e. The molecule has 1 unspecified atom stereocenters. The number of nitrogens with zero attached hydrogens (tertiary/aromatic N) is 1. The van der Waals surface area contributed by atoms with Crippen LogP contribution in [0.5, 0.6) is 0 Å². The second-order valence-corrected chi connectivity index (χ2v) is 7.27. The van der Waals surface area contributed by atoms with Crippen LogP contribution in [0.3, 0.4) is 0 Å². The highest BCUT2D eigenvalue weighted by molar-refractivity contribution is 5.92. The van der Waals surface area contributed by atoms with Crippen molar-refractivity contribution in [3.05, 3.63) is 66.2 Å². The molecule has 4 N–H and O–H groups in total. The number of carbonyl (C=O) groups is 2. The van der Waals surface area contributed by atoms with Gasteiger partial charge in [0.05, 0.1) is 12.6 Å². The van der Waals surface area contributed by atoms with Crippen molar-refractivity contribution in [2.45, 2.75) is 31.3 Å². The maximum atomic E-state index is 12.4. The molecule has 1 saturated heterocycles. The van der Waals surface area contributed by atoms with Crippen molar-refractivity contribution in [2.75, 3.05) is 25.0 Å². The van der Waals surface area contributed by atoms with Gasteiger partial charge in [-0.3, -0.25) is 14.5 Å². The molecule has 6 nitrogen and oxygen atoms in total. The van der Waals surface area contributed by atoms with Crippen molar-refractivity contribution < 1.29 is 9.59 Å². The van der Waals surface area contributed by atoms with Gasteiger partial charge in [0.15, 0.2) is 0 Å². The van der Waals surface area contributed by atoms with Crippen LogP contribution in [-0.2, 0) is 16.0 Å². The van der Waals surface area contributed by atoms with E-state index in [4.69, 9.17) is 5.73 Å². The average molecular weight is 453 g/mol. The van der Waals surface area contributed by atoms with Crippen LogP contribution in [0.1, 0.15) is 18.4 Å². The summed E-state index contributed by atoms with van der Waals surface area (Å²) in [5.74, 6) is -0.123. The molecule has 0 aromatic heterocycles. The van der Waals surface area contributed by atoms with Gasteiger partial charge in [0.1, 0.15) is 0 Å². The van der Waals surface area contributed by atoms with E-state index in [1.165, 1.54) is 0 Å². The van der Waals surface area contributed by atoms with Crippen LogP contribution >= 0.6 is 24.8 Å². The fourth-order valence-corrected chi connectivity index (χ4v) is 3.43. The molecule has 1 aliphatic rings. The van der Waals surface area contributed by atoms with Crippen LogP contribution < -0.4 is 16.4 Å². The number of hydrogen-bond donors (Lipinski definition) is 3. The third-order valence-corrected chi connectivity index (χ3v) is 4.99. The Balaban J connectivity index is 0.00000225. The molecule has 0 radical (unpaired) electrons. The van der Waals surface area contributed by atoms with Crippen molar-refractivity contribution in [3.8, 4) is 0 Å². The summed E-state index contributed by atoms with van der Waals surface area (Å²) in [5, 5.41) is 5.97. The number of halogens is 2. The Morgan fingerprint density at radius 2 is 1.53 bits per heavy atom. The zero-order valence-corrected chi connectivity index (χ0v) is 18.5. The third-order valence-electron chi connectivity index (χ3n) is 4.99. The smallest absolute Gasteiger partial charge is 0.238 e. The summed E-state index contributed by atoms with van der Waals surface area (Å²) in [4.78, 5) is 26.6. The lowest BCUT2D eigenvalue weighted by atomic mass is 10.0. The van der Waals surface area contributed by atoms with Crippen molar-refractivity contribution in [2.24, 2.45) is 5.73 Å². The Labute approximate surface area is 190 Å². The predicted molar refractivity (Wildman–Crippen MR) is 125 cm³/mol. The molecule has 1 fully saturated rings. The molecule has 30 heavy (non-hydrogen) atoms. The van der Waals surface area contributed by atoms with Gasteiger partial charge in [0.2, 0.25) is 11.8 Å². The molecule has 1 atom stereocenters. The average Bonchev–Trinajstić information content (AvgIpc) is 2.71. The van der Waals surface area contributed by atoms with Crippen molar-refractivity contribution in [1.82, 2.24) is 10.2 Å². The number of amides is 2. The van der Waals surface area contributed by atoms with Gasteiger partial charge < -0.3 is 16.4 Å². The summed E-state index contributed by atoms with van der Waals surface area (Å²) >= 11 is 0. The molecule has 0 aliphatic carbocycles. The van der Waals surface area contributed by atoms with Gasteiger partial charge in [-0.2, -0.15) is 0 Å². The van der Waals surface area contributed by atoms with E-state index < -0.39 is 6.04 Å². The van der Waals surface area contributed by atoms with Crippen LogP contribution in [0.25, 0.3) is 0 Å². The molecular formula is C22H30Cl2N4O2. The minimum absolute atomic E-state index is 0. The van der Waals surface area contributed by atoms with E-state index in [0.717, 1.165) is 37.2 Å². The van der Waals surface area contributed by atoms with Gasteiger partial charge >= 0.3 is 0 Å². The third kappa shape index (κ3) is 8.32. The van der Waals surface area contributed by atoms with Crippen LogP contribution in [0.15, 0.2) is 60.7 Å². The van der Waals surface area contributed by atoms with E-state index in [1.54, 1.807) is 0 Å². The van der Waals surface area contributed by atoms with Crippen molar-refractivity contribution >= 4 is 42.3 Å². The van der Waals surface area contributed by atoms with Crippen LogP contribution in [0.4, 0.5) is 5.69 Å². The van der Waals surface area contributed by atoms with Gasteiger partial charge in [0.25, 0.3) is 0 Å². The van der Waals surface area contributed by atoms with Gasteiger partial charge in [-0.05, 0) is 37.0 Å². The first-order valence-electron chi connectivity index (χ1n) is 9.77. The van der Waals surface area contributed by atoms with E-state index in [0.29, 0.717) is 13.0 Å². The fraction of sp³-hybridized carbons (Fsp3) is 0.364. The molecule has 8 heteroatoms. The Bertz CT molecular complexity index is 769. The number of likely N-dealkylation sites (tertiary alicyclic amines) is 1. The SMILES string of the molecule is Cl.Cl.NC(Cc1ccccc1)C(=O)NC1CCN(CC(=O)Nc2ccccc2)CC1. The number of carbonyl (C=O) groups excluding carboxylic acids is 2. The quantitative estimate of drug-likeness (QED) is 0.602. The summed E-state index contributed by atoms with van der Waals surface area (Å²) in [7, 11) is 0. The lowest BCUT2D eigenvalue weighted by Gasteiger charge is -2.32. The first kappa shape index (κ1) is 25.9. The number of piperidine rings is 1. The van der Waals surface area contributed by atoms with E-state index >= 15 is 0 Å². The standard InChI is InChI=1S/C22H28N4O2.2ClH/c23-20(15-17-7-3-1-4-8-17)22(28)25-19-11-13-26(14-12-19)16-21(27)24-18-9-5-2-6-10-18;;/h1-10,19-20H,11-16,23H2,(H,24,27)(H,25,28);2*1H. The Morgan fingerprint density at radius 1 is 0.967 bits per heavy atom. The largest absolute Gasteiger partial charge is 0.352 e. The van der Waals surface area contributed by atoms with Crippen LogP contribution in [0, 0.1) is 0 Å². The maximum absolute atomic E-state index is 12.4. The highest BCUT2D eigenvalue weighted by Gasteiger charge is 2.24. The second kappa shape index (κ2) is 13.2. The number of rotatable bonds is 7. The summed E-state index contributed by atoms with van der Waals surface area (Å²) < 4.78 is 0. The van der Waals surface area contributed by atoms with E-state index in [9.17, 15) is 9.59 Å². The van der Waals surface area contributed by atoms with E-state index in [1.807, 2.05) is 60.7 Å². The summed E-state index contributed by atoms with van der Waals surface area (Å²) in [6.07, 6.45) is 2.18. The lowest BCUT2D eigenvalue weighted by Crippen LogP contribution is -2.51. The molecule has 2 amide bonds. The molecule has 1 aliphatic heterocycles. The number of para-hydroxylation sites is 1. The Kier molecular flexibility index (Phi) is 11.4. The first-order chi connectivity index (χ1) is 13.6. The summed E-state index contributed by atoms with van der Waals surface area (Å²) in [6.45, 7) is 1.92. The second-order valence-electron chi connectivity index (χ2n) is 7.27. The van der Waals surface area contributed by atoms with Crippen LogP contribution in [-0.4, -0.2) is 48.4 Å². The number of nitrogens with one attached hydrogen (secondary N) is 2. The molecular weight excluding hydrogens is 423 g/mol. The molecule has 3 rings (SSSR count). The minimum Gasteiger partial charge on any atom is -0.352 e. The zero-order valence-electron chi connectivity index (χ0n) is 16.8. The van der Waals surface area contributed by atoms with E-state index in [2.05, 4.69) is 15.5 Å². The predicted octanol–water partition coefficient (Wildman–Crippen LogP) is 2.62. The zero-order chi connectivity index (χ0) is 19.8. The van der Waals surface area contributed by atoms with Gasteiger partial charge in [-0.15, -0.1) is 24.8 Å². The summed E-state index contributed by atoms with van der Waals surface area (Å²) in [6, 6.07) is 18.8. The Hall–Kier alpha value is -2.12. The van der Waals surface area contributed by atoms with Gasteiger partial charge in [0, 0.05) is 24.8 Å². The molecule has 2 aromatic carbocycles. The lowest BCUT2D eigenvalue weighted by molar-refractivity contribution is -0.123. The number of benzene rings is 2. The molecule has 0 saturated carbocycles. The first-order valence-corrected chi connectivity index (χ1v) is 9.77. The molecule has 2 aromatic rings. The van der Waals surface area contributed by atoms with Crippen molar-refractivity contribution in [1.29, 1.82) is 0 Å². The fourth-order valence-electron chi connectivity index (χ4n) is 3.43. The monoisotopic (exact) mass is 452 g/mol. The Morgan fingerprint density at radius 3 is 2.13 bits per heavy atom. The number of hydrogen-bond acceptors (Lipinski definition) is 4. The van der Waals surface area contributed by atoms with Gasteiger partial charge in [-0.25, -0.2) is 0 Å². The molecule has 0 spiro atoms. The highest BCUT2D eigenvalue weighted by atomic mass is 35.5.